The van der Waals surface area contributed by atoms with Crippen LogP contribution in [0.25, 0.3) is 0 Å². The van der Waals surface area contributed by atoms with E-state index in [9.17, 15) is 4.79 Å². The second-order valence-corrected chi connectivity index (χ2v) is 4.98. The summed E-state index contributed by atoms with van der Waals surface area (Å²) in [7, 11) is 1.71. The fourth-order valence-corrected chi connectivity index (χ4v) is 2.74. The maximum Gasteiger partial charge on any atom is 0.123 e. The molecule has 0 atom stereocenters. The average molecular weight is 232 g/mol. The molecule has 0 N–H and O–H groups in total. The second kappa shape index (κ2) is 5.35. The zero-order chi connectivity index (χ0) is 12.3. The molecule has 0 heterocycles. The van der Waals surface area contributed by atoms with Crippen molar-refractivity contribution in [3.8, 4) is 5.75 Å². The number of benzene rings is 1. The van der Waals surface area contributed by atoms with E-state index in [1.807, 2.05) is 0 Å². The van der Waals surface area contributed by atoms with Crippen molar-refractivity contribution in [1.82, 2.24) is 0 Å². The summed E-state index contributed by atoms with van der Waals surface area (Å²) in [4.78, 5) is 10.7. The number of carbonyl (C=O) groups is 1. The van der Waals surface area contributed by atoms with Crippen molar-refractivity contribution in [3.63, 3.8) is 0 Å². The molecule has 0 amide bonds. The van der Waals surface area contributed by atoms with Crippen LogP contribution in [0.2, 0.25) is 0 Å². The number of aryl methyl sites for hydroxylation is 1. The van der Waals surface area contributed by atoms with Crippen LogP contribution < -0.4 is 4.74 Å². The summed E-state index contributed by atoms with van der Waals surface area (Å²) in [6.45, 7) is 2.08. The standard InChI is InChI=1S/C15H20O2/c1-11-9-14(7-8-15(11)17-2)13-5-3-12(10-16)4-6-13/h7-10,12-13H,3-6H2,1-2H3/t12-,13-. The third-order valence-corrected chi connectivity index (χ3v) is 3.85. The molecule has 17 heavy (non-hydrogen) atoms. The summed E-state index contributed by atoms with van der Waals surface area (Å²) >= 11 is 0. The Morgan fingerprint density at radius 1 is 1.24 bits per heavy atom. The fourth-order valence-electron chi connectivity index (χ4n) is 2.74. The lowest BCUT2D eigenvalue weighted by atomic mass is 9.79. The molecule has 2 nitrogen and oxygen atoms in total. The molecule has 0 unspecified atom stereocenters. The summed E-state index contributed by atoms with van der Waals surface area (Å²) in [5.74, 6) is 1.87. The van der Waals surface area contributed by atoms with Gasteiger partial charge in [-0.25, -0.2) is 0 Å². The maximum atomic E-state index is 10.7. The molecule has 0 aromatic heterocycles. The summed E-state index contributed by atoms with van der Waals surface area (Å²) < 4.78 is 5.28. The van der Waals surface area contributed by atoms with Gasteiger partial charge in [0.15, 0.2) is 0 Å². The van der Waals surface area contributed by atoms with Gasteiger partial charge in [0.25, 0.3) is 0 Å². The van der Waals surface area contributed by atoms with Crippen molar-refractivity contribution in [2.75, 3.05) is 7.11 Å². The summed E-state index contributed by atoms with van der Waals surface area (Å²) in [5, 5.41) is 0. The van der Waals surface area contributed by atoms with Crippen LogP contribution in [0.5, 0.6) is 5.75 Å². The van der Waals surface area contributed by atoms with Gasteiger partial charge in [0.2, 0.25) is 0 Å². The van der Waals surface area contributed by atoms with E-state index in [0.29, 0.717) is 11.8 Å². The molecule has 2 heteroatoms. The number of hydrogen-bond acceptors (Lipinski definition) is 2. The Morgan fingerprint density at radius 2 is 1.94 bits per heavy atom. The van der Waals surface area contributed by atoms with Gasteiger partial charge in [-0.05, 0) is 55.7 Å². The normalized spacial score (nSPS) is 24.4. The van der Waals surface area contributed by atoms with Gasteiger partial charge in [-0.1, -0.05) is 12.1 Å². The summed E-state index contributed by atoms with van der Waals surface area (Å²) in [6.07, 6.45) is 5.47. The van der Waals surface area contributed by atoms with Gasteiger partial charge in [-0.15, -0.1) is 0 Å². The van der Waals surface area contributed by atoms with Crippen LogP contribution in [-0.4, -0.2) is 13.4 Å². The zero-order valence-corrected chi connectivity index (χ0v) is 10.6. The van der Waals surface area contributed by atoms with E-state index in [-0.39, 0.29) is 0 Å². The van der Waals surface area contributed by atoms with Crippen LogP contribution in [-0.2, 0) is 4.79 Å². The predicted octanol–water partition coefficient (Wildman–Crippen LogP) is 3.48. The Hall–Kier alpha value is -1.31. The lowest BCUT2D eigenvalue weighted by Gasteiger charge is -2.26. The molecular formula is C15H20O2. The molecule has 1 saturated carbocycles. The van der Waals surface area contributed by atoms with Crippen LogP contribution in [0.4, 0.5) is 0 Å². The number of aldehydes is 1. The highest BCUT2D eigenvalue weighted by molar-refractivity contribution is 5.53. The Balaban J connectivity index is 2.08. The monoisotopic (exact) mass is 232 g/mol. The SMILES string of the molecule is COc1ccc([C@H]2CC[C@H](C=O)CC2)cc1C. The Kier molecular flexibility index (Phi) is 3.82. The minimum atomic E-state index is 0.297. The second-order valence-electron chi connectivity index (χ2n) is 4.98. The smallest absolute Gasteiger partial charge is 0.123 e. The van der Waals surface area contributed by atoms with Crippen LogP contribution in [0.15, 0.2) is 18.2 Å². The highest BCUT2D eigenvalue weighted by Gasteiger charge is 2.22. The van der Waals surface area contributed by atoms with Gasteiger partial charge in [0.1, 0.15) is 12.0 Å². The third-order valence-electron chi connectivity index (χ3n) is 3.85. The minimum Gasteiger partial charge on any atom is -0.496 e. The molecule has 0 radical (unpaired) electrons. The van der Waals surface area contributed by atoms with Gasteiger partial charge in [-0.3, -0.25) is 0 Å². The number of methoxy groups -OCH3 is 1. The van der Waals surface area contributed by atoms with Gasteiger partial charge in [0, 0.05) is 5.92 Å². The Bertz CT molecular complexity index is 390. The van der Waals surface area contributed by atoms with E-state index in [4.69, 9.17) is 4.74 Å². The highest BCUT2D eigenvalue weighted by Crippen LogP contribution is 2.36. The molecule has 0 aliphatic heterocycles. The Morgan fingerprint density at radius 3 is 2.47 bits per heavy atom. The lowest BCUT2D eigenvalue weighted by molar-refractivity contribution is -0.111. The minimum absolute atomic E-state index is 0.297. The lowest BCUT2D eigenvalue weighted by Crippen LogP contribution is -2.14. The molecule has 0 saturated heterocycles. The van der Waals surface area contributed by atoms with Crippen LogP contribution in [0.1, 0.15) is 42.7 Å². The van der Waals surface area contributed by atoms with Crippen molar-refractivity contribution in [3.05, 3.63) is 29.3 Å². The van der Waals surface area contributed by atoms with E-state index < -0.39 is 0 Å². The number of carbonyl (C=O) groups excluding carboxylic acids is 1. The van der Waals surface area contributed by atoms with Crippen molar-refractivity contribution >= 4 is 6.29 Å². The molecule has 1 aromatic carbocycles. The van der Waals surface area contributed by atoms with Crippen LogP contribution in [0, 0.1) is 12.8 Å². The van der Waals surface area contributed by atoms with Crippen molar-refractivity contribution < 1.29 is 9.53 Å². The topological polar surface area (TPSA) is 26.3 Å². The molecule has 1 fully saturated rings. The first-order valence-electron chi connectivity index (χ1n) is 6.34. The number of rotatable bonds is 3. The van der Waals surface area contributed by atoms with Gasteiger partial charge in [-0.2, -0.15) is 0 Å². The predicted molar refractivity (Wildman–Crippen MR) is 68.5 cm³/mol. The van der Waals surface area contributed by atoms with Crippen molar-refractivity contribution in [2.45, 2.75) is 38.5 Å². The first-order valence-corrected chi connectivity index (χ1v) is 6.34. The molecule has 92 valence electrons. The summed E-state index contributed by atoms with van der Waals surface area (Å²) in [6, 6.07) is 6.44. The molecule has 1 aliphatic carbocycles. The van der Waals surface area contributed by atoms with E-state index in [2.05, 4.69) is 25.1 Å². The number of ether oxygens (including phenoxy) is 1. The van der Waals surface area contributed by atoms with E-state index in [0.717, 1.165) is 37.7 Å². The Labute approximate surface area is 103 Å². The first kappa shape index (κ1) is 12.2. The first-order chi connectivity index (χ1) is 8.24. The number of hydrogen-bond donors (Lipinski definition) is 0. The molecule has 1 aromatic rings. The van der Waals surface area contributed by atoms with Gasteiger partial charge < -0.3 is 9.53 Å². The van der Waals surface area contributed by atoms with Crippen molar-refractivity contribution in [2.24, 2.45) is 5.92 Å². The third kappa shape index (κ3) is 2.68. The van der Waals surface area contributed by atoms with E-state index in [1.165, 1.54) is 11.1 Å². The molecule has 0 spiro atoms. The fraction of sp³-hybridized carbons (Fsp3) is 0.533. The molecular weight excluding hydrogens is 212 g/mol. The highest BCUT2D eigenvalue weighted by atomic mass is 16.5. The van der Waals surface area contributed by atoms with Crippen molar-refractivity contribution in [1.29, 1.82) is 0 Å². The zero-order valence-electron chi connectivity index (χ0n) is 10.6. The van der Waals surface area contributed by atoms with Gasteiger partial charge >= 0.3 is 0 Å². The molecule has 0 bridgehead atoms. The van der Waals surface area contributed by atoms with Crippen LogP contribution >= 0.6 is 0 Å². The average Bonchev–Trinajstić information content (AvgIpc) is 2.39. The van der Waals surface area contributed by atoms with Crippen LogP contribution in [0.3, 0.4) is 0 Å². The molecule has 2 rings (SSSR count). The maximum absolute atomic E-state index is 10.7. The molecule has 1 aliphatic rings. The quantitative estimate of drug-likeness (QED) is 0.746. The van der Waals surface area contributed by atoms with Gasteiger partial charge in [0.05, 0.1) is 7.11 Å². The van der Waals surface area contributed by atoms with E-state index >= 15 is 0 Å². The summed E-state index contributed by atoms with van der Waals surface area (Å²) in [5.41, 5.74) is 2.59. The largest absolute Gasteiger partial charge is 0.496 e. The van der Waals surface area contributed by atoms with E-state index in [1.54, 1.807) is 7.11 Å².